The lowest BCUT2D eigenvalue weighted by molar-refractivity contribution is -0.130. The van der Waals surface area contributed by atoms with E-state index in [9.17, 15) is 9.59 Å². The number of ketones is 1. The highest BCUT2D eigenvalue weighted by molar-refractivity contribution is 5.98. The number of rotatable bonds is 7. The van der Waals surface area contributed by atoms with Gasteiger partial charge in [0.05, 0.1) is 14.2 Å². The molecule has 6 nitrogen and oxygen atoms in total. The molecule has 0 bridgehead atoms. The van der Waals surface area contributed by atoms with Crippen molar-refractivity contribution in [2.24, 2.45) is 5.73 Å². The maximum Gasteiger partial charge on any atom is 0.223 e. The summed E-state index contributed by atoms with van der Waals surface area (Å²) in [6, 6.07) is 14.9. The van der Waals surface area contributed by atoms with Gasteiger partial charge in [-0.1, -0.05) is 30.3 Å². The number of benzene rings is 2. The SMILES string of the molecule is COc1ccc(C(=O)CCC(=O)N2C[C@@H](N)[C@H](c3ccccc3)C2)cc1OC.Cl. The summed E-state index contributed by atoms with van der Waals surface area (Å²) in [7, 11) is 3.07. The van der Waals surface area contributed by atoms with Crippen LogP contribution in [0.1, 0.15) is 34.7 Å². The lowest BCUT2D eigenvalue weighted by Gasteiger charge is -2.16. The quantitative estimate of drug-likeness (QED) is 0.699. The molecule has 0 saturated carbocycles. The maximum absolute atomic E-state index is 12.6. The number of ether oxygens (including phenoxy) is 2. The average molecular weight is 419 g/mol. The van der Waals surface area contributed by atoms with E-state index in [2.05, 4.69) is 0 Å². The van der Waals surface area contributed by atoms with Crippen LogP contribution in [-0.2, 0) is 4.79 Å². The van der Waals surface area contributed by atoms with Gasteiger partial charge in [-0.25, -0.2) is 0 Å². The molecule has 2 atom stereocenters. The fraction of sp³-hybridized carbons (Fsp3) is 0.364. The molecule has 1 aliphatic heterocycles. The van der Waals surface area contributed by atoms with E-state index in [1.165, 1.54) is 7.11 Å². The van der Waals surface area contributed by atoms with E-state index < -0.39 is 0 Å². The van der Waals surface area contributed by atoms with Crippen molar-refractivity contribution in [1.82, 2.24) is 4.90 Å². The molecule has 1 amide bonds. The second kappa shape index (κ2) is 10.3. The third-order valence-electron chi connectivity index (χ3n) is 5.22. The topological polar surface area (TPSA) is 81.9 Å². The van der Waals surface area contributed by atoms with Gasteiger partial charge in [-0.05, 0) is 23.8 Å². The summed E-state index contributed by atoms with van der Waals surface area (Å²) in [6.07, 6.45) is 0.317. The lowest BCUT2D eigenvalue weighted by atomic mass is 9.95. The second-order valence-electron chi connectivity index (χ2n) is 6.97. The number of hydrogen-bond donors (Lipinski definition) is 1. The Morgan fingerprint density at radius 1 is 1.00 bits per heavy atom. The monoisotopic (exact) mass is 418 g/mol. The second-order valence-corrected chi connectivity index (χ2v) is 6.97. The van der Waals surface area contributed by atoms with E-state index in [0.717, 1.165) is 5.56 Å². The normalized spacial score (nSPS) is 18.1. The summed E-state index contributed by atoms with van der Waals surface area (Å²) in [5.74, 6) is 1.05. The maximum atomic E-state index is 12.6. The summed E-state index contributed by atoms with van der Waals surface area (Å²) >= 11 is 0. The van der Waals surface area contributed by atoms with Gasteiger partial charge in [0.25, 0.3) is 0 Å². The Labute approximate surface area is 177 Å². The minimum atomic E-state index is -0.0996. The van der Waals surface area contributed by atoms with E-state index in [-0.39, 0.29) is 48.9 Å². The van der Waals surface area contributed by atoms with Crippen molar-refractivity contribution in [3.8, 4) is 11.5 Å². The number of nitrogens with two attached hydrogens (primary N) is 1. The molecule has 0 aromatic heterocycles. The number of Topliss-reactive ketones (excluding diaryl/α,β-unsaturated/α-hetero) is 1. The molecule has 0 spiro atoms. The lowest BCUT2D eigenvalue weighted by Crippen LogP contribution is -2.32. The molecule has 2 N–H and O–H groups in total. The molecule has 2 aromatic carbocycles. The first-order chi connectivity index (χ1) is 13.5. The summed E-state index contributed by atoms with van der Waals surface area (Å²) < 4.78 is 10.4. The molecule has 156 valence electrons. The Balaban J connectivity index is 0.00000300. The number of carbonyl (C=O) groups is 2. The van der Waals surface area contributed by atoms with Gasteiger partial charge in [0.15, 0.2) is 17.3 Å². The smallest absolute Gasteiger partial charge is 0.223 e. The van der Waals surface area contributed by atoms with Gasteiger partial charge in [0, 0.05) is 43.5 Å². The van der Waals surface area contributed by atoms with E-state index in [4.69, 9.17) is 15.2 Å². The van der Waals surface area contributed by atoms with Crippen LogP contribution in [0.3, 0.4) is 0 Å². The molecule has 7 heteroatoms. The zero-order valence-corrected chi connectivity index (χ0v) is 17.5. The molecule has 0 unspecified atom stereocenters. The van der Waals surface area contributed by atoms with Gasteiger partial charge in [-0.2, -0.15) is 0 Å². The van der Waals surface area contributed by atoms with Crippen LogP contribution in [0.25, 0.3) is 0 Å². The minimum Gasteiger partial charge on any atom is -0.493 e. The van der Waals surface area contributed by atoms with Gasteiger partial charge >= 0.3 is 0 Å². The first-order valence-electron chi connectivity index (χ1n) is 9.37. The van der Waals surface area contributed by atoms with Gasteiger partial charge in [-0.3, -0.25) is 9.59 Å². The Morgan fingerprint density at radius 2 is 1.69 bits per heavy atom. The van der Waals surface area contributed by atoms with Crippen molar-refractivity contribution in [2.75, 3.05) is 27.3 Å². The highest BCUT2D eigenvalue weighted by atomic mass is 35.5. The van der Waals surface area contributed by atoms with Crippen molar-refractivity contribution in [3.63, 3.8) is 0 Å². The fourth-order valence-electron chi connectivity index (χ4n) is 3.62. The third-order valence-corrected chi connectivity index (χ3v) is 5.22. The Kier molecular flexibility index (Phi) is 8.05. The first-order valence-corrected chi connectivity index (χ1v) is 9.37. The van der Waals surface area contributed by atoms with Crippen LogP contribution < -0.4 is 15.2 Å². The Morgan fingerprint density at radius 3 is 2.34 bits per heavy atom. The summed E-state index contributed by atoms with van der Waals surface area (Å²) in [4.78, 5) is 26.9. The van der Waals surface area contributed by atoms with Gasteiger partial charge in [0.2, 0.25) is 5.91 Å². The van der Waals surface area contributed by atoms with Crippen LogP contribution in [0, 0.1) is 0 Å². The summed E-state index contributed by atoms with van der Waals surface area (Å²) in [6.45, 7) is 1.11. The molecular weight excluding hydrogens is 392 g/mol. The van der Waals surface area contributed by atoms with Crippen LogP contribution in [0.2, 0.25) is 0 Å². The fourth-order valence-corrected chi connectivity index (χ4v) is 3.62. The molecule has 1 aliphatic rings. The summed E-state index contributed by atoms with van der Waals surface area (Å²) in [5, 5.41) is 0. The Bertz CT molecular complexity index is 844. The van der Waals surface area contributed by atoms with E-state index >= 15 is 0 Å². The van der Waals surface area contributed by atoms with Crippen LogP contribution in [-0.4, -0.2) is 49.9 Å². The highest BCUT2D eigenvalue weighted by Gasteiger charge is 2.33. The molecule has 1 fully saturated rings. The molecule has 1 heterocycles. The first kappa shape index (κ1) is 22.7. The van der Waals surface area contributed by atoms with Crippen molar-refractivity contribution >= 4 is 24.1 Å². The van der Waals surface area contributed by atoms with Crippen molar-refractivity contribution < 1.29 is 19.1 Å². The predicted octanol–water partition coefficient (Wildman–Crippen LogP) is 3.04. The van der Waals surface area contributed by atoms with Gasteiger partial charge in [-0.15, -0.1) is 12.4 Å². The molecule has 0 radical (unpaired) electrons. The number of methoxy groups -OCH3 is 2. The van der Waals surface area contributed by atoms with Crippen molar-refractivity contribution in [1.29, 1.82) is 0 Å². The molecular formula is C22H27ClN2O4. The predicted molar refractivity (Wildman–Crippen MR) is 114 cm³/mol. The van der Waals surface area contributed by atoms with Gasteiger partial charge < -0.3 is 20.1 Å². The highest BCUT2D eigenvalue weighted by Crippen LogP contribution is 2.29. The zero-order valence-electron chi connectivity index (χ0n) is 16.7. The third kappa shape index (κ3) is 5.28. The van der Waals surface area contributed by atoms with Crippen LogP contribution in [0.15, 0.2) is 48.5 Å². The standard InChI is InChI=1S/C22H26N2O4.ClH/c1-27-20-10-8-16(12-21(20)28-2)19(25)9-11-22(26)24-13-17(18(23)14-24)15-6-4-3-5-7-15;/h3-8,10,12,17-18H,9,11,13-14,23H2,1-2H3;1H/t17-,18+;/m0./s1. The van der Waals surface area contributed by atoms with Crippen LogP contribution >= 0.6 is 12.4 Å². The van der Waals surface area contributed by atoms with Crippen molar-refractivity contribution in [3.05, 3.63) is 59.7 Å². The molecule has 0 aliphatic carbocycles. The Hall–Kier alpha value is -2.57. The van der Waals surface area contributed by atoms with Gasteiger partial charge in [0.1, 0.15) is 0 Å². The van der Waals surface area contributed by atoms with Crippen LogP contribution in [0.4, 0.5) is 0 Å². The van der Waals surface area contributed by atoms with E-state index in [1.54, 1.807) is 30.2 Å². The molecule has 1 saturated heterocycles. The largest absolute Gasteiger partial charge is 0.493 e. The summed E-state index contributed by atoms with van der Waals surface area (Å²) in [5.41, 5.74) is 7.91. The van der Waals surface area contributed by atoms with E-state index in [0.29, 0.717) is 30.2 Å². The number of likely N-dealkylation sites (tertiary alicyclic amines) is 1. The van der Waals surface area contributed by atoms with Crippen LogP contribution in [0.5, 0.6) is 11.5 Å². The zero-order chi connectivity index (χ0) is 20.1. The van der Waals surface area contributed by atoms with Crippen molar-refractivity contribution in [2.45, 2.75) is 24.8 Å². The number of amides is 1. The number of hydrogen-bond acceptors (Lipinski definition) is 5. The molecule has 29 heavy (non-hydrogen) atoms. The number of nitrogens with zero attached hydrogens (tertiary/aromatic N) is 1. The molecule has 2 aromatic rings. The number of carbonyl (C=O) groups excluding carboxylic acids is 2. The minimum absolute atomic E-state index is 0. The van der Waals surface area contributed by atoms with E-state index in [1.807, 2.05) is 30.3 Å². The average Bonchev–Trinajstić information content (AvgIpc) is 3.13. The molecule has 3 rings (SSSR count). The number of halogens is 1.